The van der Waals surface area contributed by atoms with Crippen LogP contribution in [0.3, 0.4) is 0 Å². The van der Waals surface area contributed by atoms with Crippen molar-refractivity contribution in [2.75, 3.05) is 5.32 Å². The number of nitrogens with one attached hydrogen (secondary N) is 2. The molecule has 142 valence electrons. The third-order valence-corrected chi connectivity index (χ3v) is 4.86. The van der Waals surface area contributed by atoms with Gasteiger partial charge in [0.2, 0.25) is 5.82 Å². The van der Waals surface area contributed by atoms with Crippen LogP contribution < -0.4 is 11.1 Å². The van der Waals surface area contributed by atoms with Crippen LogP contribution in [0.25, 0.3) is 16.6 Å². The van der Waals surface area contributed by atoms with Gasteiger partial charge in [-0.1, -0.05) is 23.2 Å². The lowest BCUT2D eigenvalue weighted by Gasteiger charge is -2.13. The number of aromatic hydroxyl groups is 1. The van der Waals surface area contributed by atoms with Crippen LogP contribution in [0.5, 0.6) is 5.75 Å². The molecule has 1 amide bonds. The third-order valence-electron chi connectivity index (χ3n) is 4.28. The summed E-state index contributed by atoms with van der Waals surface area (Å²) in [4.78, 5) is 25.2. The van der Waals surface area contributed by atoms with E-state index in [9.17, 15) is 14.7 Å². The zero-order valence-corrected chi connectivity index (χ0v) is 15.8. The highest BCUT2D eigenvalue weighted by atomic mass is 35.5. The Hall–Kier alpha value is -3.23. The van der Waals surface area contributed by atoms with E-state index in [1.807, 2.05) is 13.0 Å². The van der Waals surface area contributed by atoms with Crippen molar-refractivity contribution in [1.29, 1.82) is 0 Å². The zero-order chi connectivity index (χ0) is 20.0. The maximum atomic E-state index is 12.1. The molecule has 0 saturated heterocycles. The number of H-pyrrole nitrogens is 1. The highest BCUT2D eigenvalue weighted by Crippen LogP contribution is 2.36. The van der Waals surface area contributed by atoms with E-state index < -0.39 is 11.7 Å². The van der Waals surface area contributed by atoms with Crippen molar-refractivity contribution >= 4 is 45.7 Å². The molecule has 0 aliphatic rings. The fraction of sp³-hybridized carbons (Fsp3) is 0.0556. The fourth-order valence-corrected chi connectivity index (χ4v) is 3.60. The van der Waals surface area contributed by atoms with Crippen molar-refractivity contribution in [2.45, 2.75) is 6.92 Å². The van der Waals surface area contributed by atoms with Crippen LogP contribution in [-0.4, -0.2) is 25.7 Å². The van der Waals surface area contributed by atoms with Gasteiger partial charge in [-0.05, 0) is 42.4 Å². The van der Waals surface area contributed by atoms with Gasteiger partial charge in [0.25, 0.3) is 5.91 Å². The number of halogens is 2. The lowest BCUT2D eigenvalue weighted by atomic mass is 10.1. The fourth-order valence-electron chi connectivity index (χ4n) is 2.93. The molecule has 3 N–H and O–H groups in total. The number of aromatic nitrogens is 3. The van der Waals surface area contributed by atoms with Crippen LogP contribution in [0.4, 0.5) is 5.69 Å². The molecular formula is C18H12Cl2N4O4. The number of carbonyl (C=O) groups excluding carboxylic acids is 1. The summed E-state index contributed by atoms with van der Waals surface area (Å²) in [5.41, 5.74) is 2.40. The molecule has 4 aromatic rings. The minimum atomic E-state index is -0.836. The molecule has 0 unspecified atom stereocenters. The molecule has 0 aliphatic heterocycles. The first-order chi connectivity index (χ1) is 13.3. The van der Waals surface area contributed by atoms with E-state index in [4.69, 9.17) is 23.2 Å². The summed E-state index contributed by atoms with van der Waals surface area (Å²) < 4.78 is 6.10. The van der Waals surface area contributed by atoms with Crippen molar-refractivity contribution in [3.8, 4) is 11.4 Å². The first-order valence-electron chi connectivity index (χ1n) is 8.01. The Morgan fingerprint density at radius 1 is 1.25 bits per heavy atom. The van der Waals surface area contributed by atoms with Crippen LogP contribution in [0.2, 0.25) is 10.0 Å². The molecule has 28 heavy (non-hydrogen) atoms. The first-order valence-corrected chi connectivity index (χ1v) is 8.77. The molecule has 8 nitrogen and oxygen atoms in total. The smallest absolute Gasteiger partial charge is 0.439 e. The molecule has 0 radical (unpaired) electrons. The predicted molar refractivity (Wildman–Crippen MR) is 105 cm³/mol. The van der Waals surface area contributed by atoms with Gasteiger partial charge < -0.3 is 15.0 Å². The highest BCUT2D eigenvalue weighted by Gasteiger charge is 2.17. The summed E-state index contributed by atoms with van der Waals surface area (Å²) in [5.74, 6) is -1.58. The van der Waals surface area contributed by atoms with Gasteiger partial charge in [-0.2, -0.15) is 0 Å². The van der Waals surface area contributed by atoms with Crippen LogP contribution in [0.15, 0.2) is 45.8 Å². The van der Waals surface area contributed by atoms with Gasteiger partial charge in [-0.15, -0.1) is 0 Å². The first kappa shape index (κ1) is 18.1. The van der Waals surface area contributed by atoms with Crippen molar-refractivity contribution in [1.82, 2.24) is 14.7 Å². The summed E-state index contributed by atoms with van der Waals surface area (Å²) in [6, 6.07) is 8.27. The second kappa shape index (κ2) is 6.74. The molecule has 10 heteroatoms. The van der Waals surface area contributed by atoms with E-state index >= 15 is 0 Å². The summed E-state index contributed by atoms with van der Waals surface area (Å²) in [7, 11) is 0. The van der Waals surface area contributed by atoms with E-state index in [2.05, 4.69) is 20.0 Å². The number of aryl methyl sites for hydroxylation is 1. The Kier molecular flexibility index (Phi) is 4.37. The number of anilines is 1. The largest absolute Gasteiger partial charge is 0.508 e. The van der Waals surface area contributed by atoms with Crippen molar-refractivity contribution in [2.24, 2.45) is 0 Å². The summed E-state index contributed by atoms with van der Waals surface area (Å²) in [6.45, 7) is 1.82. The molecule has 0 aliphatic carbocycles. The lowest BCUT2D eigenvalue weighted by molar-refractivity contribution is 0.101. The summed E-state index contributed by atoms with van der Waals surface area (Å²) in [6.07, 6.45) is 1.79. The number of nitrogens with zero attached hydrogens (tertiary/aromatic N) is 2. The van der Waals surface area contributed by atoms with Crippen molar-refractivity contribution in [3.63, 3.8) is 0 Å². The maximum Gasteiger partial charge on any atom is 0.439 e. The van der Waals surface area contributed by atoms with Gasteiger partial charge in [0, 0.05) is 22.8 Å². The standard InChI is InChI=1S/C18H12Cl2N4O4/c1-8-10-4-5-24(13(10)2-3-14(8)25)15-11(19)6-9(7-12(15)20)21-17(26)16-22-18(27)28-23-16/h2-7,25H,1H3,(H,21,26)(H,22,23,27). The minimum Gasteiger partial charge on any atom is -0.508 e. The average Bonchev–Trinajstić information content (AvgIpc) is 3.25. The Labute approximate surface area is 167 Å². The molecule has 0 atom stereocenters. The second-order valence-corrected chi connectivity index (χ2v) is 6.83. The Bertz CT molecular complexity index is 1270. The third kappa shape index (κ3) is 3.02. The quantitative estimate of drug-likeness (QED) is 0.467. The maximum absolute atomic E-state index is 12.1. The average molecular weight is 419 g/mol. The van der Waals surface area contributed by atoms with E-state index in [-0.39, 0.29) is 11.6 Å². The number of phenols is 1. The van der Waals surface area contributed by atoms with Crippen molar-refractivity contribution in [3.05, 3.63) is 68.5 Å². The number of aromatic amines is 1. The van der Waals surface area contributed by atoms with Gasteiger partial charge in [0.05, 0.1) is 21.2 Å². The normalized spacial score (nSPS) is 11.1. The molecule has 2 aromatic carbocycles. The summed E-state index contributed by atoms with van der Waals surface area (Å²) in [5, 5.41) is 17.2. The highest BCUT2D eigenvalue weighted by molar-refractivity contribution is 6.38. The second-order valence-electron chi connectivity index (χ2n) is 6.01. The number of phenolic OH excluding ortho intramolecular Hbond substituents is 1. The molecule has 0 bridgehead atoms. The van der Waals surface area contributed by atoms with Crippen LogP contribution in [0.1, 0.15) is 16.2 Å². The Morgan fingerprint density at radius 3 is 2.61 bits per heavy atom. The number of hydrogen-bond acceptors (Lipinski definition) is 5. The molecular weight excluding hydrogens is 407 g/mol. The molecule has 0 fully saturated rings. The molecule has 0 saturated carbocycles. The SMILES string of the molecule is Cc1c(O)ccc2c1ccn2-c1c(Cl)cc(NC(=O)c2noc(=O)[nH]2)cc1Cl. The van der Waals surface area contributed by atoms with E-state index in [0.29, 0.717) is 21.4 Å². The van der Waals surface area contributed by atoms with E-state index in [1.54, 1.807) is 22.9 Å². The lowest BCUT2D eigenvalue weighted by Crippen LogP contribution is -2.15. The van der Waals surface area contributed by atoms with E-state index in [1.165, 1.54) is 12.1 Å². The Balaban J connectivity index is 1.73. The number of amides is 1. The van der Waals surface area contributed by atoms with Crippen LogP contribution >= 0.6 is 23.2 Å². The van der Waals surface area contributed by atoms with Gasteiger partial charge in [0.15, 0.2) is 0 Å². The Morgan fingerprint density at radius 2 is 1.96 bits per heavy atom. The summed E-state index contributed by atoms with van der Waals surface area (Å²) >= 11 is 12.9. The number of rotatable bonds is 3. The van der Waals surface area contributed by atoms with Gasteiger partial charge in [-0.25, -0.2) is 4.79 Å². The van der Waals surface area contributed by atoms with Crippen LogP contribution in [0, 0.1) is 6.92 Å². The number of fused-ring (bicyclic) bond motifs is 1. The number of benzene rings is 2. The van der Waals surface area contributed by atoms with Crippen molar-refractivity contribution < 1.29 is 14.4 Å². The predicted octanol–water partition coefficient (Wildman–Crippen LogP) is 3.88. The van der Waals surface area contributed by atoms with E-state index in [0.717, 1.165) is 16.5 Å². The molecule has 0 spiro atoms. The monoisotopic (exact) mass is 418 g/mol. The number of carbonyl (C=O) groups is 1. The molecule has 2 heterocycles. The molecule has 4 rings (SSSR count). The zero-order valence-electron chi connectivity index (χ0n) is 14.3. The van der Waals surface area contributed by atoms with Gasteiger partial charge >= 0.3 is 5.76 Å². The van der Waals surface area contributed by atoms with Gasteiger partial charge in [0.1, 0.15) is 5.75 Å². The molecule has 2 aromatic heterocycles. The topological polar surface area (TPSA) is 113 Å². The minimum absolute atomic E-state index is 0.200. The van der Waals surface area contributed by atoms with Gasteiger partial charge in [-0.3, -0.25) is 14.3 Å². The number of hydrogen-bond donors (Lipinski definition) is 3. The van der Waals surface area contributed by atoms with Crippen LogP contribution in [-0.2, 0) is 0 Å².